The zero-order chi connectivity index (χ0) is 12.7. The van der Waals surface area contributed by atoms with Crippen LogP contribution in [0.2, 0.25) is 0 Å². The van der Waals surface area contributed by atoms with Crippen LogP contribution in [0.5, 0.6) is 0 Å². The van der Waals surface area contributed by atoms with Crippen LogP contribution in [0.4, 0.5) is 0 Å². The van der Waals surface area contributed by atoms with Gasteiger partial charge in [0.15, 0.2) is 0 Å². The highest BCUT2D eigenvalue weighted by atomic mass is 16.5. The van der Waals surface area contributed by atoms with Gasteiger partial charge in [0, 0.05) is 6.54 Å². The van der Waals surface area contributed by atoms with E-state index in [-0.39, 0.29) is 11.4 Å². The van der Waals surface area contributed by atoms with Gasteiger partial charge in [0.1, 0.15) is 0 Å². The molecule has 0 radical (unpaired) electrons. The highest BCUT2D eigenvalue weighted by molar-refractivity contribution is 5.77. The fourth-order valence-corrected chi connectivity index (χ4v) is 2.26. The highest BCUT2D eigenvalue weighted by Gasteiger charge is 2.37. The van der Waals surface area contributed by atoms with Crippen molar-refractivity contribution in [3.8, 4) is 0 Å². The van der Waals surface area contributed by atoms with E-state index in [0.29, 0.717) is 12.5 Å². The number of hydrogen-bond acceptors (Lipinski definition) is 3. The summed E-state index contributed by atoms with van der Waals surface area (Å²) >= 11 is 0. The lowest BCUT2D eigenvalue weighted by Crippen LogP contribution is -2.33. The van der Waals surface area contributed by atoms with Crippen LogP contribution in [-0.4, -0.2) is 25.7 Å². The molecular weight excluding hydrogens is 214 g/mol. The molecule has 1 N–H and O–H groups in total. The lowest BCUT2D eigenvalue weighted by molar-refractivity contribution is -0.155. The predicted octanol–water partition coefficient (Wildman–Crippen LogP) is 2.75. The quantitative estimate of drug-likeness (QED) is 0.697. The van der Waals surface area contributed by atoms with Gasteiger partial charge in [-0.3, -0.25) is 4.79 Å². The number of unbranched alkanes of at least 4 members (excludes halogenated alkanes) is 1. The van der Waals surface area contributed by atoms with Crippen molar-refractivity contribution < 1.29 is 9.53 Å². The standard InChI is InChI=1S/C14H27NO2/c1-4-6-7-12(5-2)10-17-13(16)14(3)8-9-15-11-14/h12,15H,4-11H2,1-3H3. The van der Waals surface area contributed by atoms with E-state index in [4.69, 9.17) is 4.74 Å². The van der Waals surface area contributed by atoms with Crippen LogP contribution in [0.25, 0.3) is 0 Å². The van der Waals surface area contributed by atoms with E-state index >= 15 is 0 Å². The molecule has 0 amide bonds. The van der Waals surface area contributed by atoms with Gasteiger partial charge in [-0.2, -0.15) is 0 Å². The number of rotatable bonds is 7. The fourth-order valence-electron chi connectivity index (χ4n) is 2.26. The van der Waals surface area contributed by atoms with E-state index in [1.807, 2.05) is 6.92 Å². The smallest absolute Gasteiger partial charge is 0.313 e. The second-order valence-corrected chi connectivity index (χ2v) is 5.50. The summed E-state index contributed by atoms with van der Waals surface area (Å²) in [4.78, 5) is 12.0. The van der Waals surface area contributed by atoms with Gasteiger partial charge in [-0.15, -0.1) is 0 Å². The van der Waals surface area contributed by atoms with Crippen LogP contribution in [0, 0.1) is 11.3 Å². The summed E-state index contributed by atoms with van der Waals surface area (Å²) in [6, 6.07) is 0. The second-order valence-electron chi connectivity index (χ2n) is 5.50. The number of carbonyl (C=O) groups is 1. The predicted molar refractivity (Wildman–Crippen MR) is 69.9 cm³/mol. The minimum atomic E-state index is -0.289. The summed E-state index contributed by atoms with van der Waals surface area (Å²) in [5, 5.41) is 3.23. The van der Waals surface area contributed by atoms with E-state index in [0.717, 1.165) is 25.9 Å². The Labute approximate surface area is 105 Å². The minimum absolute atomic E-state index is 0.0163. The third-order valence-electron chi connectivity index (χ3n) is 3.85. The Morgan fingerprint density at radius 1 is 1.47 bits per heavy atom. The monoisotopic (exact) mass is 241 g/mol. The van der Waals surface area contributed by atoms with Gasteiger partial charge in [0.25, 0.3) is 0 Å². The Hall–Kier alpha value is -0.570. The molecule has 1 rings (SSSR count). The second kappa shape index (κ2) is 7.00. The molecule has 1 heterocycles. The first-order chi connectivity index (χ1) is 8.12. The molecule has 0 aromatic carbocycles. The van der Waals surface area contributed by atoms with Gasteiger partial charge in [0.05, 0.1) is 12.0 Å². The van der Waals surface area contributed by atoms with Crippen molar-refractivity contribution in [3.05, 3.63) is 0 Å². The van der Waals surface area contributed by atoms with Gasteiger partial charge in [-0.1, -0.05) is 33.1 Å². The van der Waals surface area contributed by atoms with Crippen molar-refractivity contribution in [3.63, 3.8) is 0 Å². The van der Waals surface area contributed by atoms with Crippen molar-refractivity contribution in [2.45, 2.75) is 52.9 Å². The van der Waals surface area contributed by atoms with Crippen molar-refractivity contribution >= 4 is 5.97 Å². The van der Waals surface area contributed by atoms with Crippen LogP contribution in [0.3, 0.4) is 0 Å². The van der Waals surface area contributed by atoms with Crippen molar-refractivity contribution in [1.82, 2.24) is 5.32 Å². The van der Waals surface area contributed by atoms with Crippen LogP contribution < -0.4 is 5.32 Å². The molecule has 0 bridgehead atoms. The van der Waals surface area contributed by atoms with E-state index in [2.05, 4.69) is 19.2 Å². The van der Waals surface area contributed by atoms with Gasteiger partial charge >= 0.3 is 5.97 Å². The van der Waals surface area contributed by atoms with E-state index in [1.165, 1.54) is 19.3 Å². The van der Waals surface area contributed by atoms with Crippen LogP contribution >= 0.6 is 0 Å². The summed E-state index contributed by atoms with van der Waals surface area (Å²) in [5.74, 6) is 0.523. The van der Waals surface area contributed by atoms with Crippen LogP contribution in [-0.2, 0) is 9.53 Å². The number of ether oxygens (including phenoxy) is 1. The largest absolute Gasteiger partial charge is 0.465 e. The zero-order valence-corrected chi connectivity index (χ0v) is 11.6. The third kappa shape index (κ3) is 4.30. The summed E-state index contributed by atoms with van der Waals surface area (Å²) in [6.45, 7) is 8.67. The maximum atomic E-state index is 12.0. The van der Waals surface area contributed by atoms with Crippen molar-refractivity contribution in [1.29, 1.82) is 0 Å². The Morgan fingerprint density at radius 2 is 2.24 bits per heavy atom. The zero-order valence-electron chi connectivity index (χ0n) is 11.6. The first-order valence-electron chi connectivity index (χ1n) is 7.00. The average molecular weight is 241 g/mol. The molecule has 1 aliphatic rings. The molecule has 1 aliphatic heterocycles. The van der Waals surface area contributed by atoms with E-state index < -0.39 is 0 Å². The number of carbonyl (C=O) groups excluding carboxylic acids is 1. The van der Waals surface area contributed by atoms with Crippen molar-refractivity contribution in [2.75, 3.05) is 19.7 Å². The average Bonchev–Trinajstić information content (AvgIpc) is 2.77. The van der Waals surface area contributed by atoms with Crippen molar-refractivity contribution in [2.24, 2.45) is 11.3 Å². The molecular formula is C14H27NO2. The van der Waals surface area contributed by atoms with Gasteiger partial charge in [-0.05, 0) is 32.2 Å². The molecule has 0 aromatic heterocycles. The van der Waals surface area contributed by atoms with E-state index in [1.54, 1.807) is 0 Å². The number of hydrogen-bond donors (Lipinski definition) is 1. The topological polar surface area (TPSA) is 38.3 Å². The molecule has 2 unspecified atom stereocenters. The van der Waals surface area contributed by atoms with Gasteiger partial charge in [0.2, 0.25) is 0 Å². The maximum Gasteiger partial charge on any atom is 0.313 e. The molecule has 0 aliphatic carbocycles. The molecule has 0 saturated carbocycles. The molecule has 1 fully saturated rings. The minimum Gasteiger partial charge on any atom is -0.465 e. The molecule has 3 nitrogen and oxygen atoms in total. The highest BCUT2D eigenvalue weighted by Crippen LogP contribution is 2.26. The van der Waals surface area contributed by atoms with Gasteiger partial charge < -0.3 is 10.1 Å². The number of nitrogens with one attached hydrogen (secondary N) is 1. The summed E-state index contributed by atoms with van der Waals surface area (Å²) < 4.78 is 5.50. The molecule has 0 aromatic rings. The molecule has 1 saturated heterocycles. The maximum absolute atomic E-state index is 12.0. The van der Waals surface area contributed by atoms with Crippen LogP contribution in [0.15, 0.2) is 0 Å². The summed E-state index contributed by atoms with van der Waals surface area (Å²) in [5.41, 5.74) is -0.289. The molecule has 2 atom stereocenters. The Kier molecular flexibility index (Phi) is 5.96. The number of esters is 1. The molecule has 3 heteroatoms. The summed E-state index contributed by atoms with van der Waals surface area (Å²) in [6.07, 6.45) is 5.62. The Balaban J connectivity index is 2.30. The molecule has 100 valence electrons. The van der Waals surface area contributed by atoms with Crippen LogP contribution in [0.1, 0.15) is 52.9 Å². The van der Waals surface area contributed by atoms with Gasteiger partial charge in [-0.25, -0.2) is 0 Å². The Bertz CT molecular complexity index is 234. The Morgan fingerprint density at radius 3 is 2.76 bits per heavy atom. The van der Waals surface area contributed by atoms with E-state index in [9.17, 15) is 4.79 Å². The first kappa shape index (κ1) is 14.5. The SMILES string of the molecule is CCCCC(CC)COC(=O)C1(C)CCNC1. The lowest BCUT2D eigenvalue weighted by atomic mass is 9.90. The third-order valence-corrected chi connectivity index (χ3v) is 3.85. The molecule has 0 spiro atoms. The lowest BCUT2D eigenvalue weighted by Gasteiger charge is -2.22. The first-order valence-corrected chi connectivity index (χ1v) is 7.00. The summed E-state index contributed by atoms with van der Waals surface area (Å²) in [7, 11) is 0. The molecule has 17 heavy (non-hydrogen) atoms. The normalized spacial score (nSPS) is 25.8. The fraction of sp³-hybridized carbons (Fsp3) is 0.929.